The van der Waals surface area contributed by atoms with E-state index in [-0.39, 0.29) is 7.12 Å². The van der Waals surface area contributed by atoms with Gasteiger partial charge in [0.2, 0.25) is 0 Å². The summed E-state index contributed by atoms with van der Waals surface area (Å²) in [7, 11) is 6.10. The molecule has 1 saturated heterocycles. The Labute approximate surface area is 221 Å². The maximum absolute atomic E-state index is 6.34. The van der Waals surface area contributed by atoms with Crippen LogP contribution in [0.2, 0.25) is 0 Å². The molecule has 0 amide bonds. The molecule has 0 unspecified atom stereocenters. The summed E-state index contributed by atoms with van der Waals surface area (Å²) < 4.78 is 11.7. The van der Waals surface area contributed by atoms with Crippen molar-refractivity contribution in [2.45, 2.75) is 104 Å². The van der Waals surface area contributed by atoms with E-state index in [1.165, 1.54) is 110 Å². The van der Waals surface area contributed by atoms with Crippen LogP contribution in [0.1, 0.15) is 102 Å². The van der Waals surface area contributed by atoms with Gasteiger partial charge in [0.25, 0.3) is 0 Å². The van der Waals surface area contributed by atoms with Gasteiger partial charge in [0.15, 0.2) is 0 Å². The van der Waals surface area contributed by atoms with E-state index in [0.717, 1.165) is 23.8 Å². The van der Waals surface area contributed by atoms with Gasteiger partial charge in [-0.05, 0) is 63.8 Å². The molecule has 3 aromatic carbocycles. The Morgan fingerprint density at radius 3 is 1.69 bits per heavy atom. The monoisotopic (exact) mass is 482 g/mol. The van der Waals surface area contributed by atoms with E-state index in [2.05, 4.69) is 50.2 Å². The number of hydrogen-bond donors (Lipinski definition) is 0. The quantitative estimate of drug-likeness (QED) is 0.128. The van der Waals surface area contributed by atoms with Gasteiger partial charge in [-0.3, -0.25) is 0 Å². The first-order valence-electron chi connectivity index (χ1n) is 14.7. The number of aryl methyl sites for hydroxylation is 2. The summed E-state index contributed by atoms with van der Waals surface area (Å²) in [5.74, 6) is 0. The zero-order valence-corrected chi connectivity index (χ0v) is 22.7. The van der Waals surface area contributed by atoms with Crippen molar-refractivity contribution in [3.63, 3.8) is 0 Å². The minimum absolute atomic E-state index is 0.236. The second-order valence-corrected chi connectivity index (χ2v) is 10.7. The summed E-state index contributed by atoms with van der Waals surface area (Å²) >= 11 is 0. The highest BCUT2D eigenvalue weighted by Crippen LogP contribution is 2.35. The van der Waals surface area contributed by atoms with Gasteiger partial charge in [-0.25, -0.2) is 0 Å². The Balaban J connectivity index is 1.70. The minimum atomic E-state index is -0.236. The van der Waals surface area contributed by atoms with Gasteiger partial charge in [0, 0.05) is 0 Å². The Morgan fingerprint density at radius 2 is 1.11 bits per heavy atom. The van der Waals surface area contributed by atoms with E-state index in [9.17, 15) is 0 Å². The summed E-state index contributed by atoms with van der Waals surface area (Å²) in [4.78, 5) is 0. The SMILES string of the molecule is [B]c1ccc2c(c1)c(CCCCCCCC)c(CCCCCCCC)c1cc(B3OCCO3)ccc12. The van der Waals surface area contributed by atoms with Crippen molar-refractivity contribution in [1.29, 1.82) is 0 Å². The normalized spacial score (nSPS) is 13.9. The van der Waals surface area contributed by atoms with Crippen molar-refractivity contribution in [2.75, 3.05) is 13.2 Å². The molecule has 0 bridgehead atoms. The standard InChI is InChI=1S/C32H44B2O2/c1-3-5-7-9-11-13-15-27-28(16-14-12-10-8-6-4-2)32-24-26(34-35-21-22-36-34)18-20-30(32)29-19-17-25(33)23-31(27)29/h17-20,23-24H,3-16,21-22H2,1-2H3. The Hall–Kier alpha value is -1.77. The lowest BCUT2D eigenvalue weighted by Crippen LogP contribution is -2.31. The molecule has 0 aromatic heterocycles. The Bertz CT molecular complexity index is 1100. The second-order valence-electron chi connectivity index (χ2n) is 10.7. The van der Waals surface area contributed by atoms with Gasteiger partial charge < -0.3 is 9.31 Å². The fourth-order valence-corrected chi connectivity index (χ4v) is 5.85. The average Bonchev–Trinajstić information content (AvgIpc) is 3.43. The third-order valence-corrected chi connectivity index (χ3v) is 7.85. The fraction of sp³-hybridized carbons (Fsp3) is 0.562. The van der Waals surface area contributed by atoms with Crippen LogP contribution in [0.3, 0.4) is 0 Å². The minimum Gasteiger partial charge on any atom is -0.405 e. The van der Waals surface area contributed by atoms with Crippen molar-refractivity contribution < 1.29 is 9.31 Å². The topological polar surface area (TPSA) is 18.5 Å². The van der Waals surface area contributed by atoms with Crippen LogP contribution in [0, 0.1) is 0 Å². The first kappa shape index (κ1) is 27.3. The van der Waals surface area contributed by atoms with E-state index >= 15 is 0 Å². The third kappa shape index (κ3) is 6.95. The summed E-state index contributed by atoms with van der Waals surface area (Å²) in [6, 6.07) is 13.3. The van der Waals surface area contributed by atoms with Crippen LogP contribution in [-0.4, -0.2) is 28.2 Å². The molecule has 0 N–H and O–H groups in total. The van der Waals surface area contributed by atoms with E-state index in [1.807, 2.05) is 0 Å². The average molecular weight is 482 g/mol. The number of rotatable bonds is 15. The van der Waals surface area contributed by atoms with Gasteiger partial charge in [-0.15, -0.1) is 0 Å². The smallest absolute Gasteiger partial charge is 0.405 e. The maximum Gasteiger partial charge on any atom is 0.494 e. The molecule has 1 heterocycles. The van der Waals surface area contributed by atoms with Gasteiger partial charge >= 0.3 is 7.12 Å². The molecule has 4 rings (SSSR count). The number of hydrogen-bond acceptors (Lipinski definition) is 2. The predicted octanol–water partition coefficient (Wildman–Crippen LogP) is 7.33. The van der Waals surface area contributed by atoms with Crippen molar-refractivity contribution in [3.8, 4) is 0 Å². The lowest BCUT2D eigenvalue weighted by molar-refractivity contribution is 0.365. The van der Waals surface area contributed by atoms with E-state index in [1.54, 1.807) is 0 Å². The molecule has 1 aliphatic heterocycles. The molecule has 1 aliphatic rings. The van der Waals surface area contributed by atoms with Gasteiger partial charge in [-0.2, -0.15) is 0 Å². The van der Waals surface area contributed by atoms with Crippen molar-refractivity contribution in [1.82, 2.24) is 0 Å². The van der Waals surface area contributed by atoms with E-state index < -0.39 is 0 Å². The zero-order chi connectivity index (χ0) is 25.2. The summed E-state index contributed by atoms with van der Waals surface area (Å²) in [6.07, 6.45) is 18.1. The molecule has 3 aromatic rings. The fourth-order valence-electron chi connectivity index (χ4n) is 5.85. The summed E-state index contributed by atoms with van der Waals surface area (Å²) in [5, 5.41) is 5.41. The highest BCUT2D eigenvalue weighted by molar-refractivity contribution is 6.62. The van der Waals surface area contributed by atoms with Crippen LogP contribution in [0.25, 0.3) is 21.5 Å². The highest BCUT2D eigenvalue weighted by atomic mass is 16.6. The van der Waals surface area contributed by atoms with Gasteiger partial charge in [0.1, 0.15) is 7.85 Å². The molecule has 4 heteroatoms. The maximum atomic E-state index is 6.34. The molecule has 0 aliphatic carbocycles. The zero-order valence-electron chi connectivity index (χ0n) is 22.7. The van der Waals surface area contributed by atoms with Crippen LogP contribution >= 0.6 is 0 Å². The molecule has 2 nitrogen and oxygen atoms in total. The molecular weight excluding hydrogens is 438 g/mol. The Kier molecular flexibility index (Phi) is 10.8. The van der Waals surface area contributed by atoms with Gasteiger partial charge in [-0.1, -0.05) is 120 Å². The van der Waals surface area contributed by atoms with Gasteiger partial charge in [0.05, 0.1) is 13.2 Å². The largest absolute Gasteiger partial charge is 0.494 e. The summed E-state index contributed by atoms with van der Waals surface area (Å²) in [5.41, 5.74) is 5.07. The first-order valence-corrected chi connectivity index (χ1v) is 14.7. The van der Waals surface area contributed by atoms with Crippen LogP contribution in [0.15, 0.2) is 36.4 Å². The van der Waals surface area contributed by atoms with Crippen LogP contribution in [0.4, 0.5) is 0 Å². The predicted molar refractivity (Wildman–Crippen MR) is 158 cm³/mol. The molecule has 0 spiro atoms. The molecule has 0 atom stereocenters. The lowest BCUT2D eigenvalue weighted by atomic mass is 9.76. The van der Waals surface area contributed by atoms with Crippen molar-refractivity contribution in [2.24, 2.45) is 0 Å². The first-order chi connectivity index (χ1) is 17.7. The number of fused-ring (bicyclic) bond motifs is 3. The number of unbranched alkanes of at least 4 members (excludes halogenated alkanes) is 10. The van der Waals surface area contributed by atoms with Crippen LogP contribution in [0.5, 0.6) is 0 Å². The van der Waals surface area contributed by atoms with Crippen molar-refractivity contribution in [3.05, 3.63) is 47.5 Å². The van der Waals surface area contributed by atoms with E-state index in [4.69, 9.17) is 17.2 Å². The second kappa shape index (κ2) is 14.2. The lowest BCUT2D eigenvalue weighted by Gasteiger charge is -2.20. The third-order valence-electron chi connectivity index (χ3n) is 7.85. The van der Waals surface area contributed by atoms with Crippen LogP contribution < -0.4 is 10.9 Å². The molecule has 0 saturated carbocycles. The molecule has 36 heavy (non-hydrogen) atoms. The summed E-state index contributed by atoms with van der Waals surface area (Å²) in [6.45, 7) is 5.92. The molecular formula is C32H44B2O2. The highest BCUT2D eigenvalue weighted by Gasteiger charge is 2.27. The molecule has 190 valence electrons. The van der Waals surface area contributed by atoms with Crippen molar-refractivity contribution >= 4 is 47.4 Å². The molecule has 1 fully saturated rings. The number of benzene rings is 3. The van der Waals surface area contributed by atoms with Crippen LogP contribution in [-0.2, 0) is 22.2 Å². The Morgan fingerprint density at radius 1 is 0.611 bits per heavy atom. The van der Waals surface area contributed by atoms with E-state index in [0.29, 0.717) is 13.2 Å². The molecule has 2 radical (unpaired) electrons.